The number of amides is 1. The minimum Gasteiger partial charge on any atom is -0.465 e. The number of thioether (sulfide) groups is 1. The number of hydrogen-bond acceptors (Lipinski definition) is 5. The van der Waals surface area contributed by atoms with E-state index < -0.39 is 12.0 Å². The van der Waals surface area contributed by atoms with Crippen molar-refractivity contribution >= 4 is 40.9 Å². The van der Waals surface area contributed by atoms with Crippen LogP contribution < -0.4 is 11.1 Å². The number of carbonyl (C=O) groups excluding carboxylic acids is 2. The maximum absolute atomic E-state index is 11.7. The van der Waals surface area contributed by atoms with E-state index in [1.54, 1.807) is 31.2 Å². The number of carbonyl (C=O) groups is 2. The maximum Gasteiger partial charge on any atom is 0.323 e. The molecule has 1 amide bonds. The first-order valence-electron chi connectivity index (χ1n) is 6.58. The molecule has 0 aliphatic heterocycles. The molecule has 0 radical (unpaired) electrons. The predicted molar refractivity (Wildman–Crippen MR) is 86.6 cm³/mol. The molecule has 3 N–H and O–H groups in total. The summed E-state index contributed by atoms with van der Waals surface area (Å²) in [5, 5.41) is 3.33. The van der Waals surface area contributed by atoms with Crippen LogP contribution in [0, 0.1) is 0 Å². The molecule has 0 saturated heterocycles. The molecule has 1 aromatic carbocycles. The third-order valence-corrected chi connectivity index (χ3v) is 3.79. The normalized spacial score (nSPS) is 11.8. The summed E-state index contributed by atoms with van der Waals surface area (Å²) in [5.41, 5.74) is 6.32. The van der Waals surface area contributed by atoms with Gasteiger partial charge >= 0.3 is 5.97 Å². The smallest absolute Gasteiger partial charge is 0.323 e. The van der Waals surface area contributed by atoms with Gasteiger partial charge in [-0.25, -0.2) is 0 Å². The van der Waals surface area contributed by atoms with E-state index in [1.807, 2.05) is 0 Å². The Hall–Kier alpha value is -1.24. The summed E-state index contributed by atoms with van der Waals surface area (Å²) in [6, 6.07) is 6.32. The molecule has 0 bridgehead atoms. The average molecular weight is 331 g/mol. The monoisotopic (exact) mass is 330 g/mol. The summed E-state index contributed by atoms with van der Waals surface area (Å²) in [6.07, 6.45) is 0.340. The Morgan fingerprint density at radius 2 is 2.24 bits per heavy atom. The van der Waals surface area contributed by atoms with Crippen LogP contribution in [-0.4, -0.2) is 36.0 Å². The van der Waals surface area contributed by atoms with E-state index in [1.165, 1.54) is 11.8 Å². The number of ether oxygens (including phenoxy) is 1. The molecule has 1 atom stereocenters. The molecule has 21 heavy (non-hydrogen) atoms. The van der Waals surface area contributed by atoms with E-state index in [9.17, 15) is 9.59 Å². The number of hydrogen-bond donors (Lipinski definition) is 2. The van der Waals surface area contributed by atoms with E-state index in [-0.39, 0.29) is 5.91 Å². The SMILES string of the molecule is CCOC(=O)C(N)CSCCC(=O)Nc1cccc(Cl)c1. The molecular weight excluding hydrogens is 312 g/mol. The van der Waals surface area contributed by atoms with Crippen LogP contribution in [0.15, 0.2) is 24.3 Å². The Balaban J connectivity index is 2.20. The van der Waals surface area contributed by atoms with E-state index in [4.69, 9.17) is 22.1 Å². The molecule has 1 aromatic rings. The van der Waals surface area contributed by atoms with E-state index in [0.717, 1.165) is 0 Å². The third-order valence-electron chi connectivity index (χ3n) is 2.47. The van der Waals surface area contributed by atoms with Crippen molar-refractivity contribution in [2.45, 2.75) is 19.4 Å². The summed E-state index contributed by atoms with van der Waals surface area (Å²) in [4.78, 5) is 23.0. The van der Waals surface area contributed by atoms with Crippen LogP contribution in [0.2, 0.25) is 5.02 Å². The van der Waals surface area contributed by atoms with Gasteiger partial charge in [0.25, 0.3) is 0 Å². The first-order chi connectivity index (χ1) is 10.0. The van der Waals surface area contributed by atoms with Crippen LogP contribution >= 0.6 is 23.4 Å². The quantitative estimate of drug-likeness (QED) is 0.564. The Morgan fingerprint density at radius 3 is 2.90 bits per heavy atom. The van der Waals surface area contributed by atoms with Crippen molar-refractivity contribution in [3.05, 3.63) is 29.3 Å². The number of benzene rings is 1. The zero-order chi connectivity index (χ0) is 15.7. The lowest BCUT2D eigenvalue weighted by atomic mass is 10.3. The van der Waals surface area contributed by atoms with Crippen LogP contribution in [0.5, 0.6) is 0 Å². The zero-order valence-corrected chi connectivity index (χ0v) is 13.4. The molecular formula is C14H19ClN2O3S. The summed E-state index contributed by atoms with van der Waals surface area (Å²) in [7, 11) is 0. The van der Waals surface area contributed by atoms with Gasteiger partial charge < -0.3 is 15.8 Å². The van der Waals surface area contributed by atoms with Gasteiger partial charge in [-0.1, -0.05) is 17.7 Å². The molecule has 0 heterocycles. The van der Waals surface area contributed by atoms with Crippen molar-refractivity contribution in [3.8, 4) is 0 Å². The Kier molecular flexibility index (Phi) is 8.19. The third kappa shape index (κ3) is 7.36. The van der Waals surface area contributed by atoms with E-state index >= 15 is 0 Å². The Bertz CT molecular complexity index is 485. The fourth-order valence-electron chi connectivity index (χ4n) is 1.48. The maximum atomic E-state index is 11.7. The fourth-order valence-corrected chi connectivity index (χ4v) is 2.56. The Labute approximate surface area is 133 Å². The van der Waals surface area contributed by atoms with Crippen LogP contribution in [0.4, 0.5) is 5.69 Å². The molecule has 1 unspecified atom stereocenters. The number of nitrogens with one attached hydrogen (secondary N) is 1. The van der Waals surface area contributed by atoms with Gasteiger partial charge in [-0.2, -0.15) is 11.8 Å². The van der Waals surface area contributed by atoms with Crippen molar-refractivity contribution in [1.82, 2.24) is 0 Å². The molecule has 116 valence electrons. The summed E-state index contributed by atoms with van der Waals surface area (Å²) >= 11 is 7.28. The molecule has 0 aliphatic carbocycles. The number of rotatable bonds is 8. The van der Waals surface area contributed by atoms with Gasteiger partial charge in [0.1, 0.15) is 6.04 Å². The lowest BCUT2D eigenvalue weighted by Crippen LogP contribution is -2.34. The second-order valence-corrected chi connectivity index (χ2v) is 5.83. The minimum absolute atomic E-state index is 0.102. The van der Waals surface area contributed by atoms with Crippen molar-refractivity contribution in [3.63, 3.8) is 0 Å². The molecule has 0 spiro atoms. The molecule has 0 saturated carbocycles. The van der Waals surface area contributed by atoms with Crippen molar-refractivity contribution < 1.29 is 14.3 Å². The standard InChI is InChI=1S/C14H19ClN2O3S/c1-2-20-14(19)12(16)9-21-7-6-13(18)17-11-5-3-4-10(15)8-11/h3-5,8,12H,2,6-7,9,16H2,1H3,(H,17,18). The van der Waals surface area contributed by atoms with Gasteiger partial charge in [0.05, 0.1) is 6.61 Å². The topological polar surface area (TPSA) is 81.4 Å². The van der Waals surface area contributed by atoms with Crippen molar-refractivity contribution in [1.29, 1.82) is 0 Å². The summed E-state index contributed by atoms with van der Waals surface area (Å²) < 4.78 is 4.80. The largest absolute Gasteiger partial charge is 0.465 e. The van der Waals surface area contributed by atoms with Gasteiger partial charge in [0, 0.05) is 28.6 Å². The number of nitrogens with two attached hydrogens (primary N) is 1. The molecule has 0 aromatic heterocycles. The lowest BCUT2D eigenvalue weighted by molar-refractivity contribution is -0.144. The second kappa shape index (κ2) is 9.65. The van der Waals surface area contributed by atoms with Crippen molar-refractivity contribution in [2.75, 3.05) is 23.4 Å². The first-order valence-corrected chi connectivity index (χ1v) is 8.11. The van der Waals surface area contributed by atoms with Gasteiger partial charge in [-0.15, -0.1) is 0 Å². The fraction of sp³-hybridized carbons (Fsp3) is 0.429. The molecule has 0 aliphatic rings. The van der Waals surface area contributed by atoms with Crippen LogP contribution in [0.3, 0.4) is 0 Å². The van der Waals surface area contributed by atoms with Gasteiger partial charge in [-0.05, 0) is 25.1 Å². The van der Waals surface area contributed by atoms with Crippen molar-refractivity contribution in [2.24, 2.45) is 5.73 Å². The van der Waals surface area contributed by atoms with E-state index in [0.29, 0.717) is 35.2 Å². The number of halogens is 1. The highest BCUT2D eigenvalue weighted by Gasteiger charge is 2.14. The van der Waals surface area contributed by atoms with Gasteiger partial charge in [0.2, 0.25) is 5.91 Å². The summed E-state index contributed by atoms with van der Waals surface area (Å²) in [5.74, 6) is 0.505. The predicted octanol–water partition coefficient (Wildman–Crippen LogP) is 2.29. The molecule has 1 rings (SSSR count). The minimum atomic E-state index is -0.647. The molecule has 5 nitrogen and oxygen atoms in total. The first kappa shape index (κ1) is 17.8. The molecule has 0 fully saturated rings. The highest BCUT2D eigenvalue weighted by atomic mass is 35.5. The van der Waals surface area contributed by atoms with Crippen LogP contribution in [0.25, 0.3) is 0 Å². The zero-order valence-electron chi connectivity index (χ0n) is 11.8. The number of esters is 1. The second-order valence-electron chi connectivity index (χ2n) is 4.24. The number of anilines is 1. The highest BCUT2D eigenvalue weighted by molar-refractivity contribution is 7.99. The summed E-state index contributed by atoms with van der Waals surface area (Å²) in [6.45, 7) is 2.05. The van der Waals surface area contributed by atoms with Gasteiger partial charge in [-0.3, -0.25) is 9.59 Å². The average Bonchev–Trinajstić information content (AvgIpc) is 2.43. The Morgan fingerprint density at radius 1 is 1.48 bits per heavy atom. The highest BCUT2D eigenvalue weighted by Crippen LogP contribution is 2.15. The van der Waals surface area contributed by atoms with Crippen LogP contribution in [-0.2, 0) is 14.3 Å². The lowest BCUT2D eigenvalue weighted by Gasteiger charge is -2.10. The van der Waals surface area contributed by atoms with Crippen LogP contribution in [0.1, 0.15) is 13.3 Å². The van der Waals surface area contributed by atoms with E-state index in [2.05, 4.69) is 5.32 Å². The van der Waals surface area contributed by atoms with Gasteiger partial charge in [0.15, 0.2) is 0 Å². The molecule has 7 heteroatoms.